The Bertz CT molecular complexity index is 1360. The van der Waals surface area contributed by atoms with Gasteiger partial charge in [0.05, 0.1) is 16.6 Å². The van der Waals surface area contributed by atoms with Crippen LogP contribution in [-0.4, -0.2) is 47.2 Å². The third-order valence-corrected chi connectivity index (χ3v) is 5.75. The Balaban J connectivity index is 1.21. The number of amides is 1. The molecule has 0 radical (unpaired) electrons. The molecule has 0 aliphatic carbocycles. The average Bonchev–Trinajstić information content (AvgIpc) is 2.89. The van der Waals surface area contributed by atoms with Crippen LogP contribution in [0.1, 0.15) is 5.56 Å². The molecule has 7 heteroatoms. The number of carbonyl (C=O) groups is 1. The molecule has 1 saturated heterocycles. The molecule has 1 fully saturated rings. The van der Waals surface area contributed by atoms with Crippen molar-refractivity contribution in [3.05, 3.63) is 94.9 Å². The monoisotopic (exact) mass is 438 g/mol. The summed E-state index contributed by atoms with van der Waals surface area (Å²) in [5.74, 6) is 0.666. The first-order chi connectivity index (χ1) is 16.2. The Morgan fingerprint density at radius 3 is 2.39 bits per heavy atom. The van der Waals surface area contributed by atoms with Gasteiger partial charge >= 0.3 is 0 Å². The SMILES string of the molecule is O=C(/C=C/c1coc2ccccc2c1=O)N1CCN(c2ccc(-c3ccccc3)nn2)CC1. The Morgan fingerprint density at radius 1 is 0.879 bits per heavy atom. The maximum absolute atomic E-state index is 12.7. The number of nitrogens with zero attached hydrogens (tertiary/aromatic N) is 4. The third kappa shape index (κ3) is 4.39. The first kappa shape index (κ1) is 20.6. The van der Waals surface area contributed by atoms with Crippen LogP contribution in [0.3, 0.4) is 0 Å². The van der Waals surface area contributed by atoms with Gasteiger partial charge in [0.2, 0.25) is 5.91 Å². The highest BCUT2D eigenvalue weighted by atomic mass is 16.3. The molecule has 0 N–H and O–H groups in total. The van der Waals surface area contributed by atoms with E-state index in [2.05, 4.69) is 15.1 Å². The topological polar surface area (TPSA) is 79.5 Å². The van der Waals surface area contributed by atoms with Crippen molar-refractivity contribution in [2.45, 2.75) is 0 Å². The van der Waals surface area contributed by atoms with Crippen LogP contribution >= 0.6 is 0 Å². The van der Waals surface area contributed by atoms with Gasteiger partial charge in [-0.1, -0.05) is 42.5 Å². The number of hydrogen-bond donors (Lipinski definition) is 0. The Hall–Kier alpha value is -4.26. The van der Waals surface area contributed by atoms with Crippen molar-refractivity contribution in [2.75, 3.05) is 31.1 Å². The van der Waals surface area contributed by atoms with E-state index in [9.17, 15) is 9.59 Å². The summed E-state index contributed by atoms with van der Waals surface area (Å²) < 4.78 is 5.51. The van der Waals surface area contributed by atoms with Crippen LogP contribution < -0.4 is 10.3 Å². The average molecular weight is 438 g/mol. The summed E-state index contributed by atoms with van der Waals surface area (Å²) in [5, 5.41) is 9.22. The van der Waals surface area contributed by atoms with E-state index in [1.54, 1.807) is 23.1 Å². The van der Waals surface area contributed by atoms with E-state index >= 15 is 0 Å². The zero-order chi connectivity index (χ0) is 22.6. The predicted octanol–water partition coefficient (Wildman–Crippen LogP) is 3.61. The van der Waals surface area contributed by atoms with E-state index in [0.29, 0.717) is 42.7 Å². The molecule has 0 saturated carbocycles. The maximum atomic E-state index is 12.7. The fraction of sp³-hybridized carbons (Fsp3) is 0.154. The van der Waals surface area contributed by atoms with Gasteiger partial charge in [0, 0.05) is 37.8 Å². The van der Waals surface area contributed by atoms with Crippen molar-refractivity contribution in [3.8, 4) is 11.3 Å². The van der Waals surface area contributed by atoms with E-state index in [1.165, 1.54) is 18.4 Å². The number of hydrogen-bond acceptors (Lipinski definition) is 6. The number of aromatic nitrogens is 2. The molecule has 1 amide bonds. The lowest BCUT2D eigenvalue weighted by Crippen LogP contribution is -2.48. The highest BCUT2D eigenvalue weighted by Gasteiger charge is 2.21. The lowest BCUT2D eigenvalue weighted by Gasteiger charge is -2.34. The van der Waals surface area contributed by atoms with Crippen LogP contribution in [0.5, 0.6) is 0 Å². The van der Waals surface area contributed by atoms with Gasteiger partial charge in [-0.05, 0) is 30.3 Å². The van der Waals surface area contributed by atoms with Crippen LogP contribution in [0.2, 0.25) is 0 Å². The number of anilines is 1. The second-order valence-corrected chi connectivity index (χ2v) is 7.80. The third-order valence-electron chi connectivity index (χ3n) is 5.75. The summed E-state index contributed by atoms with van der Waals surface area (Å²) in [6.45, 7) is 2.46. The molecule has 0 bridgehead atoms. The summed E-state index contributed by atoms with van der Waals surface area (Å²) in [5.41, 5.74) is 2.59. The minimum atomic E-state index is -0.150. The Morgan fingerprint density at radius 2 is 1.64 bits per heavy atom. The normalized spacial score (nSPS) is 14.2. The molecule has 5 rings (SSSR count). The molecular weight excluding hydrogens is 416 g/mol. The molecule has 2 aromatic carbocycles. The van der Waals surface area contributed by atoms with E-state index in [-0.39, 0.29) is 11.3 Å². The highest BCUT2D eigenvalue weighted by molar-refractivity contribution is 5.92. The minimum absolute atomic E-state index is 0.132. The zero-order valence-electron chi connectivity index (χ0n) is 17.9. The first-order valence-electron chi connectivity index (χ1n) is 10.8. The van der Waals surface area contributed by atoms with Gasteiger partial charge in [-0.25, -0.2) is 0 Å². The Kier molecular flexibility index (Phi) is 5.68. The van der Waals surface area contributed by atoms with Crippen LogP contribution in [0.25, 0.3) is 28.3 Å². The van der Waals surface area contributed by atoms with Gasteiger partial charge in [0.1, 0.15) is 11.8 Å². The minimum Gasteiger partial charge on any atom is -0.463 e. The van der Waals surface area contributed by atoms with E-state index in [0.717, 1.165) is 17.1 Å². The van der Waals surface area contributed by atoms with E-state index in [4.69, 9.17) is 4.42 Å². The van der Waals surface area contributed by atoms with Gasteiger partial charge in [-0.15, -0.1) is 10.2 Å². The lowest BCUT2D eigenvalue weighted by atomic mass is 10.1. The fourth-order valence-corrected chi connectivity index (χ4v) is 3.89. The van der Waals surface area contributed by atoms with Gasteiger partial charge in [0.15, 0.2) is 11.2 Å². The summed E-state index contributed by atoms with van der Waals surface area (Å²) in [7, 11) is 0. The molecule has 33 heavy (non-hydrogen) atoms. The van der Waals surface area contributed by atoms with E-state index in [1.807, 2.05) is 48.5 Å². The standard InChI is InChI=1S/C26H22N4O3/c31-25(13-10-20-18-33-23-9-5-4-8-21(23)26(20)32)30-16-14-29(15-17-30)24-12-11-22(27-28-24)19-6-2-1-3-7-19/h1-13,18H,14-17H2/b13-10+. The summed E-state index contributed by atoms with van der Waals surface area (Å²) in [6, 6.07) is 20.9. The Labute approximate surface area is 190 Å². The summed E-state index contributed by atoms with van der Waals surface area (Å²) in [6.07, 6.45) is 4.36. The van der Waals surface area contributed by atoms with Gasteiger partial charge < -0.3 is 14.2 Å². The van der Waals surface area contributed by atoms with E-state index < -0.39 is 0 Å². The van der Waals surface area contributed by atoms with Crippen LogP contribution in [0, 0.1) is 0 Å². The second-order valence-electron chi connectivity index (χ2n) is 7.80. The fourth-order valence-electron chi connectivity index (χ4n) is 3.89. The summed E-state index contributed by atoms with van der Waals surface area (Å²) in [4.78, 5) is 29.1. The smallest absolute Gasteiger partial charge is 0.246 e. The van der Waals surface area contributed by atoms with Crippen molar-refractivity contribution >= 4 is 28.8 Å². The number of benzene rings is 2. The maximum Gasteiger partial charge on any atom is 0.246 e. The highest BCUT2D eigenvalue weighted by Crippen LogP contribution is 2.19. The van der Waals surface area contributed by atoms with Gasteiger partial charge in [-0.3, -0.25) is 9.59 Å². The molecular formula is C26H22N4O3. The zero-order valence-corrected chi connectivity index (χ0v) is 17.9. The molecule has 0 spiro atoms. The molecule has 0 atom stereocenters. The largest absolute Gasteiger partial charge is 0.463 e. The van der Waals surface area contributed by atoms with Crippen molar-refractivity contribution in [2.24, 2.45) is 0 Å². The quantitative estimate of drug-likeness (QED) is 0.453. The molecule has 1 aliphatic rings. The van der Waals surface area contributed by atoms with Crippen LogP contribution in [0.15, 0.2) is 88.3 Å². The molecule has 3 heterocycles. The van der Waals surface area contributed by atoms with Crippen LogP contribution in [0.4, 0.5) is 5.82 Å². The second kappa shape index (κ2) is 9.08. The van der Waals surface area contributed by atoms with Crippen molar-refractivity contribution < 1.29 is 9.21 Å². The number of carbonyl (C=O) groups excluding carboxylic acids is 1. The number of fused-ring (bicyclic) bond motifs is 1. The molecule has 4 aromatic rings. The summed E-state index contributed by atoms with van der Waals surface area (Å²) >= 11 is 0. The molecule has 0 unspecified atom stereocenters. The van der Waals surface area contributed by atoms with Crippen molar-refractivity contribution in [1.82, 2.24) is 15.1 Å². The molecule has 2 aromatic heterocycles. The molecule has 164 valence electrons. The van der Waals surface area contributed by atoms with Crippen molar-refractivity contribution in [3.63, 3.8) is 0 Å². The van der Waals surface area contributed by atoms with Crippen molar-refractivity contribution in [1.29, 1.82) is 0 Å². The van der Waals surface area contributed by atoms with Gasteiger partial charge in [-0.2, -0.15) is 0 Å². The predicted molar refractivity (Wildman–Crippen MR) is 128 cm³/mol. The van der Waals surface area contributed by atoms with Gasteiger partial charge in [0.25, 0.3) is 0 Å². The first-order valence-corrected chi connectivity index (χ1v) is 10.8. The molecule has 1 aliphatic heterocycles. The lowest BCUT2D eigenvalue weighted by molar-refractivity contribution is -0.126. The number of para-hydroxylation sites is 1. The number of piperazine rings is 1. The molecule has 7 nitrogen and oxygen atoms in total. The number of rotatable bonds is 4. The van der Waals surface area contributed by atoms with Crippen LogP contribution in [-0.2, 0) is 4.79 Å².